The van der Waals surface area contributed by atoms with Crippen molar-refractivity contribution in [3.8, 4) is 0 Å². The van der Waals surface area contributed by atoms with Crippen LogP contribution in [-0.4, -0.2) is 54.0 Å². The lowest BCUT2D eigenvalue weighted by Gasteiger charge is -2.12. The van der Waals surface area contributed by atoms with E-state index < -0.39 is 37.0 Å². The number of nitrogens with one attached hydrogen (secondary N) is 2. The first-order valence-corrected chi connectivity index (χ1v) is 9.16. The number of rotatable bonds is 10. The zero-order valence-corrected chi connectivity index (χ0v) is 16.6. The monoisotopic (exact) mass is 393 g/mol. The van der Waals surface area contributed by atoms with Gasteiger partial charge in [-0.05, 0) is 38.8 Å². The van der Waals surface area contributed by atoms with Crippen LogP contribution in [0.2, 0.25) is 0 Å². The second-order valence-corrected chi connectivity index (χ2v) is 6.31. The highest BCUT2D eigenvalue weighted by Crippen LogP contribution is 2.04. The van der Waals surface area contributed by atoms with E-state index in [1.54, 1.807) is 0 Å². The SMILES string of the molecule is CC[C@H](C)NC(=O)COC(=O)c1cccc(C(=O)OCC(=O)N[C@@H](C)CC)n1. The minimum absolute atomic E-state index is 0.0278. The molecule has 0 aliphatic carbocycles. The number of hydrogen-bond donors (Lipinski definition) is 2. The zero-order chi connectivity index (χ0) is 21.1. The highest BCUT2D eigenvalue weighted by molar-refractivity contribution is 5.93. The molecule has 0 saturated heterocycles. The lowest BCUT2D eigenvalue weighted by Crippen LogP contribution is -2.35. The largest absolute Gasteiger partial charge is 0.451 e. The highest BCUT2D eigenvalue weighted by atomic mass is 16.5. The Hall–Kier alpha value is -2.97. The predicted molar refractivity (Wildman–Crippen MR) is 101 cm³/mol. The molecule has 0 aliphatic rings. The van der Waals surface area contributed by atoms with Crippen molar-refractivity contribution in [3.05, 3.63) is 29.6 Å². The molecular formula is C19H27N3O6. The van der Waals surface area contributed by atoms with Crippen LogP contribution in [0.25, 0.3) is 0 Å². The van der Waals surface area contributed by atoms with Crippen molar-refractivity contribution in [1.82, 2.24) is 15.6 Å². The summed E-state index contributed by atoms with van der Waals surface area (Å²) in [4.78, 5) is 51.2. The number of aromatic nitrogens is 1. The van der Waals surface area contributed by atoms with Crippen LogP contribution in [0.5, 0.6) is 0 Å². The Bertz CT molecular complexity index is 651. The van der Waals surface area contributed by atoms with Crippen LogP contribution in [0.15, 0.2) is 18.2 Å². The van der Waals surface area contributed by atoms with E-state index >= 15 is 0 Å². The summed E-state index contributed by atoms with van der Waals surface area (Å²) >= 11 is 0. The molecule has 1 aromatic rings. The molecule has 9 nitrogen and oxygen atoms in total. The Morgan fingerprint density at radius 1 is 0.857 bits per heavy atom. The van der Waals surface area contributed by atoms with Gasteiger partial charge in [0, 0.05) is 12.1 Å². The number of nitrogens with zero attached hydrogens (tertiary/aromatic N) is 1. The summed E-state index contributed by atoms with van der Waals surface area (Å²) in [6.07, 6.45) is 1.50. The number of hydrogen-bond acceptors (Lipinski definition) is 7. The van der Waals surface area contributed by atoms with Crippen molar-refractivity contribution in [2.75, 3.05) is 13.2 Å². The molecular weight excluding hydrogens is 366 g/mol. The van der Waals surface area contributed by atoms with Gasteiger partial charge in [0.2, 0.25) is 0 Å². The second-order valence-electron chi connectivity index (χ2n) is 6.31. The van der Waals surface area contributed by atoms with Gasteiger partial charge in [-0.25, -0.2) is 14.6 Å². The number of amides is 2. The number of carbonyl (C=O) groups is 4. The molecule has 0 bridgehead atoms. The zero-order valence-electron chi connectivity index (χ0n) is 16.6. The van der Waals surface area contributed by atoms with E-state index in [4.69, 9.17) is 9.47 Å². The minimum atomic E-state index is -0.844. The predicted octanol–water partition coefficient (Wildman–Crippen LogP) is 1.22. The Kier molecular flexibility index (Phi) is 9.63. The van der Waals surface area contributed by atoms with E-state index in [-0.39, 0.29) is 23.5 Å². The lowest BCUT2D eigenvalue weighted by atomic mass is 10.2. The van der Waals surface area contributed by atoms with Gasteiger partial charge in [0.05, 0.1) is 0 Å². The minimum Gasteiger partial charge on any atom is -0.451 e. The fourth-order valence-corrected chi connectivity index (χ4v) is 1.91. The van der Waals surface area contributed by atoms with E-state index in [2.05, 4.69) is 15.6 Å². The van der Waals surface area contributed by atoms with Crippen LogP contribution in [-0.2, 0) is 19.1 Å². The van der Waals surface area contributed by atoms with Crippen LogP contribution in [0.4, 0.5) is 0 Å². The van der Waals surface area contributed by atoms with Crippen molar-refractivity contribution in [1.29, 1.82) is 0 Å². The standard InChI is InChI=1S/C19H27N3O6/c1-5-12(3)20-16(23)10-27-18(25)14-8-7-9-15(22-14)19(26)28-11-17(24)21-13(4)6-2/h7-9,12-13H,5-6,10-11H2,1-4H3,(H,20,23)(H,21,24)/t12-,13-/m0/s1. The molecule has 0 aliphatic heterocycles. The van der Waals surface area contributed by atoms with Gasteiger partial charge in [0.25, 0.3) is 11.8 Å². The first kappa shape index (κ1) is 23.1. The molecule has 0 radical (unpaired) electrons. The third-order valence-electron chi connectivity index (χ3n) is 3.88. The Morgan fingerprint density at radius 2 is 1.25 bits per heavy atom. The molecule has 2 N–H and O–H groups in total. The molecule has 2 amide bonds. The van der Waals surface area contributed by atoms with E-state index in [1.165, 1.54) is 18.2 Å². The van der Waals surface area contributed by atoms with Crippen molar-refractivity contribution in [2.24, 2.45) is 0 Å². The highest BCUT2D eigenvalue weighted by Gasteiger charge is 2.17. The average Bonchev–Trinajstić information content (AvgIpc) is 2.69. The van der Waals surface area contributed by atoms with Gasteiger partial charge >= 0.3 is 11.9 Å². The summed E-state index contributed by atoms with van der Waals surface area (Å²) in [7, 11) is 0. The van der Waals surface area contributed by atoms with Gasteiger partial charge in [0.15, 0.2) is 13.2 Å². The maximum Gasteiger partial charge on any atom is 0.357 e. The maximum atomic E-state index is 12.0. The topological polar surface area (TPSA) is 124 Å². The van der Waals surface area contributed by atoms with E-state index in [9.17, 15) is 19.2 Å². The van der Waals surface area contributed by atoms with Gasteiger partial charge in [0.1, 0.15) is 11.4 Å². The van der Waals surface area contributed by atoms with Crippen LogP contribution >= 0.6 is 0 Å². The normalized spacial score (nSPS) is 12.4. The van der Waals surface area contributed by atoms with Crippen molar-refractivity contribution < 1.29 is 28.7 Å². The number of esters is 2. The molecule has 0 spiro atoms. The Labute approximate surface area is 164 Å². The molecule has 9 heteroatoms. The first-order valence-electron chi connectivity index (χ1n) is 9.16. The van der Waals surface area contributed by atoms with E-state index in [1.807, 2.05) is 27.7 Å². The fraction of sp³-hybridized carbons (Fsp3) is 0.526. The average molecular weight is 393 g/mol. The smallest absolute Gasteiger partial charge is 0.357 e. The summed E-state index contributed by atoms with van der Waals surface area (Å²) in [6.45, 7) is 6.60. The molecule has 1 heterocycles. The third kappa shape index (κ3) is 8.15. The van der Waals surface area contributed by atoms with Gasteiger partial charge in [-0.2, -0.15) is 0 Å². The molecule has 1 aromatic heterocycles. The molecule has 1 rings (SSSR count). The molecule has 2 atom stereocenters. The van der Waals surface area contributed by atoms with Gasteiger partial charge in [-0.1, -0.05) is 19.9 Å². The molecule has 0 unspecified atom stereocenters. The summed E-state index contributed by atoms with van der Waals surface area (Å²) in [5.74, 6) is -2.54. The molecule has 0 fully saturated rings. The van der Waals surface area contributed by atoms with Gasteiger partial charge in [-0.3, -0.25) is 9.59 Å². The molecule has 28 heavy (non-hydrogen) atoms. The van der Waals surface area contributed by atoms with E-state index in [0.29, 0.717) is 0 Å². The lowest BCUT2D eigenvalue weighted by molar-refractivity contribution is -0.125. The van der Waals surface area contributed by atoms with Gasteiger partial charge < -0.3 is 20.1 Å². The second kappa shape index (κ2) is 11.7. The number of carbonyl (C=O) groups excluding carboxylic acids is 4. The number of ether oxygens (including phenoxy) is 2. The Morgan fingerprint density at radius 3 is 1.61 bits per heavy atom. The summed E-state index contributed by atoms with van der Waals surface area (Å²) in [5, 5.41) is 5.32. The van der Waals surface area contributed by atoms with E-state index in [0.717, 1.165) is 12.8 Å². The number of pyridine rings is 1. The summed E-state index contributed by atoms with van der Waals surface area (Å²) in [6, 6.07) is 4.07. The quantitative estimate of drug-likeness (QED) is 0.573. The molecule has 0 aromatic carbocycles. The van der Waals surface area contributed by atoms with Crippen LogP contribution in [0.1, 0.15) is 61.5 Å². The van der Waals surface area contributed by atoms with Crippen molar-refractivity contribution in [2.45, 2.75) is 52.6 Å². The summed E-state index contributed by atoms with van der Waals surface area (Å²) in [5.41, 5.74) is -0.287. The molecule has 0 saturated carbocycles. The Balaban J connectivity index is 2.58. The third-order valence-corrected chi connectivity index (χ3v) is 3.88. The van der Waals surface area contributed by atoms with Crippen molar-refractivity contribution in [3.63, 3.8) is 0 Å². The van der Waals surface area contributed by atoms with Crippen LogP contribution in [0.3, 0.4) is 0 Å². The van der Waals surface area contributed by atoms with Crippen LogP contribution in [0, 0.1) is 0 Å². The van der Waals surface area contributed by atoms with Gasteiger partial charge in [-0.15, -0.1) is 0 Å². The van der Waals surface area contributed by atoms with Crippen LogP contribution < -0.4 is 10.6 Å². The summed E-state index contributed by atoms with van der Waals surface area (Å²) < 4.78 is 9.79. The fourth-order valence-electron chi connectivity index (χ4n) is 1.91. The maximum absolute atomic E-state index is 12.0. The molecule has 154 valence electrons. The first-order chi connectivity index (χ1) is 13.3. The van der Waals surface area contributed by atoms with Crippen molar-refractivity contribution >= 4 is 23.8 Å².